The monoisotopic (exact) mass is 375 g/mol. The third kappa shape index (κ3) is 4.23. The first-order chi connectivity index (χ1) is 13.7. The fourth-order valence-electron chi connectivity index (χ4n) is 3.23. The van der Waals surface area contributed by atoms with Crippen molar-refractivity contribution in [3.8, 4) is 17.1 Å². The lowest BCUT2D eigenvalue weighted by Crippen LogP contribution is -2.44. The molecule has 1 N–H and O–H groups in total. The Morgan fingerprint density at radius 3 is 2.29 bits per heavy atom. The Kier molecular flexibility index (Phi) is 5.39. The van der Waals surface area contributed by atoms with Gasteiger partial charge in [-0.2, -0.15) is 0 Å². The smallest absolute Gasteiger partial charge is 0.163 e. The average molecular weight is 375 g/mol. The quantitative estimate of drug-likeness (QED) is 0.735. The number of methoxy groups -OCH3 is 1. The second kappa shape index (κ2) is 8.27. The van der Waals surface area contributed by atoms with E-state index >= 15 is 0 Å². The molecule has 0 radical (unpaired) electrons. The molecule has 6 nitrogen and oxygen atoms in total. The molecule has 1 aliphatic rings. The van der Waals surface area contributed by atoms with E-state index in [-0.39, 0.29) is 0 Å². The van der Waals surface area contributed by atoms with E-state index in [1.54, 1.807) is 7.11 Å². The van der Waals surface area contributed by atoms with Crippen molar-refractivity contribution in [3.05, 3.63) is 60.7 Å². The van der Waals surface area contributed by atoms with Gasteiger partial charge in [-0.15, -0.1) is 0 Å². The van der Waals surface area contributed by atoms with Crippen molar-refractivity contribution >= 4 is 17.3 Å². The van der Waals surface area contributed by atoms with Gasteiger partial charge in [0.15, 0.2) is 5.82 Å². The molecule has 1 saturated heterocycles. The fourth-order valence-corrected chi connectivity index (χ4v) is 3.23. The first kappa shape index (κ1) is 18.3. The van der Waals surface area contributed by atoms with Gasteiger partial charge in [-0.25, -0.2) is 9.97 Å². The van der Waals surface area contributed by atoms with Crippen LogP contribution >= 0.6 is 0 Å². The zero-order chi connectivity index (χ0) is 19.3. The summed E-state index contributed by atoms with van der Waals surface area (Å²) in [6.45, 7) is 3.99. The van der Waals surface area contributed by atoms with Gasteiger partial charge in [0.05, 0.1) is 7.11 Å². The first-order valence-corrected chi connectivity index (χ1v) is 9.50. The van der Waals surface area contributed by atoms with Crippen molar-refractivity contribution in [2.45, 2.75) is 0 Å². The highest BCUT2D eigenvalue weighted by atomic mass is 16.5. The molecule has 0 atom stereocenters. The van der Waals surface area contributed by atoms with Gasteiger partial charge < -0.3 is 19.9 Å². The van der Waals surface area contributed by atoms with Crippen LogP contribution in [0.1, 0.15) is 0 Å². The zero-order valence-electron chi connectivity index (χ0n) is 16.3. The molecule has 3 aromatic rings. The molecule has 28 heavy (non-hydrogen) atoms. The molecule has 0 saturated carbocycles. The topological polar surface area (TPSA) is 53.5 Å². The maximum atomic E-state index is 5.24. The molecule has 1 fully saturated rings. The van der Waals surface area contributed by atoms with Crippen LogP contribution in [0.4, 0.5) is 17.3 Å². The number of hydrogen-bond donors (Lipinski definition) is 1. The number of aromatic nitrogens is 2. The molecule has 0 unspecified atom stereocenters. The molecule has 0 amide bonds. The lowest BCUT2D eigenvalue weighted by molar-refractivity contribution is 0.312. The van der Waals surface area contributed by atoms with Gasteiger partial charge in [-0.3, -0.25) is 0 Å². The summed E-state index contributed by atoms with van der Waals surface area (Å²) >= 11 is 0. The zero-order valence-corrected chi connectivity index (χ0v) is 16.3. The van der Waals surface area contributed by atoms with Crippen molar-refractivity contribution in [2.24, 2.45) is 0 Å². The van der Waals surface area contributed by atoms with Crippen LogP contribution in [0.25, 0.3) is 11.4 Å². The molecule has 4 rings (SSSR count). The maximum absolute atomic E-state index is 5.24. The molecular weight excluding hydrogens is 350 g/mol. The average Bonchev–Trinajstić information content (AvgIpc) is 2.75. The highest BCUT2D eigenvalue weighted by molar-refractivity contribution is 5.66. The number of benzene rings is 2. The number of ether oxygens (including phenoxy) is 1. The Morgan fingerprint density at radius 1 is 0.893 bits per heavy atom. The minimum absolute atomic E-state index is 0.730. The van der Waals surface area contributed by atoms with Crippen LogP contribution in [-0.4, -0.2) is 55.2 Å². The first-order valence-electron chi connectivity index (χ1n) is 9.50. The summed E-state index contributed by atoms with van der Waals surface area (Å²) in [5.41, 5.74) is 1.97. The fraction of sp³-hybridized carbons (Fsp3) is 0.273. The van der Waals surface area contributed by atoms with Crippen molar-refractivity contribution in [3.63, 3.8) is 0 Å². The van der Waals surface area contributed by atoms with E-state index in [1.165, 1.54) is 0 Å². The molecule has 2 heterocycles. The van der Waals surface area contributed by atoms with Gasteiger partial charge in [0.2, 0.25) is 0 Å². The molecule has 1 aliphatic heterocycles. The summed E-state index contributed by atoms with van der Waals surface area (Å²) in [5.74, 6) is 3.30. The number of hydrogen-bond acceptors (Lipinski definition) is 6. The van der Waals surface area contributed by atoms with Gasteiger partial charge in [0.1, 0.15) is 17.4 Å². The molecule has 0 bridgehead atoms. The van der Waals surface area contributed by atoms with Crippen molar-refractivity contribution in [2.75, 3.05) is 50.6 Å². The molecule has 0 aliphatic carbocycles. The highest BCUT2D eigenvalue weighted by Gasteiger charge is 2.17. The Labute approximate surface area is 165 Å². The maximum Gasteiger partial charge on any atom is 0.163 e. The number of nitrogens with one attached hydrogen (secondary N) is 1. The number of nitrogens with zero attached hydrogens (tertiary/aromatic N) is 4. The van der Waals surface area contributed by atoms with Crippen LogP contribution in [0, 0.1) is 0 Å². The largest absolute Gasteiger partial charge is 0.497 e. The van der Waals surface area contributed by atoms with Crippen LogP contribution in [0.3, 0.4) is 0 Å². The van der Waals surface area contributed by atoms with Crippen LogP contribution < -0.4 is 15.0 Å². The Balaban J connectivity index is 1.66. The van der Waals surface area contributed by atoms with Gasteiger partial charge in [0, 0.05) is 43.5 Å². The van der Waals surface area contributed by atoms with E-state index in [2.05, 4.69) is 22.2 Å². The number of anilines is 3. The summed E-state index contributed by atoms with van der Waals surface area (Å²) in [7, 11) is 3.82. The third-order valence-electron chi connectivity index (χ3n) is 4.93. The molecule has 2 aromatic carbocycles. The highest BCUT2D eigenvalue weighted by Crippen LogP contribution is 2.26. The number of rotatable bonds is 5. The minimum Gasteiger partial charge on any atom is -0.497 e. The SMILES string of the molecule is COc1ccc(Nc2cc(N3CCN(C)CC3)nc(-c3ccccc3)n2)cc1. The second-order valence-electron chi connectivity index (χ2n) is 6.94. The standard InChI is InChI=1S/C22H25N5O/c1-26-12-14-27(15-13-26)21-16-20(23-18-8-10-19(28-2)11-9-18)24-22(25-21)17-6-4-3-5-7-17/h3-11,16H,12-15H2,1-2H3,(H,23,24,25). The van der Waals surface area contributed by atoms with Crippen LogP contribution in [-0.2, 0) is 0 Å². The lowest BCUT2D eigenvalue weighted by Gasteiger charge is -2.33. The van der Waals surface area contributed by atoms with Crippen LogP contribution in [0.5, 0.6) is 5.75 Å². The second-order valence-corrected chi connectivity index (χ2v) is 6.94. The Morgan fingerprint density at radius 2 is 1.61 bits per heavy atom. The molecule has 144 valence electrons. The summed E-state index contributed by atoms with van der Waals surface area (Å²) < 4.78 is 5.24. The van der Waals surface area contributed by atoms with Crippen molar-refractivity contribution in [1.29, 1.82) is 0 Å². The predicted octanol–water partition coefficient (Wildman–Crippen LogP) is 3.65. The van der Waals surface area contributed by atoms with Gasteiger partial charge in [-0.1, -0.05) is 30.3 Å². The van der Waals surface area contributed by atoms with Crippen molar-refractivity contribution in [1.82, 2.24) is 14.9 Å². The van der Waals surface area contributed by atoms with Gasteiger partial charge in [-0.05, 0) is 31.3 Å². The van der Waals surface area contributed by atoms with E-state index in [0.29, 0.717) is 0 Å². The normalized spacial score (nSPS) is 14.7. The molecular formula is C22H25N5O. The Bertz CT molecular complexity index is 906. The Hall–Kier alpha value is -3.12. The van der Waals surface area contributed by atoms with E-state index in [4.69, 9.17) is 14.7 Å². The lowest BCUT2D eigenvalue weighted by atomic mass is 10.2. The van der Waals surface area contributed by atoms with E-state index in [0.717, 1.165) is 60.6 Å². The van der Waals surface area contributed by atoms with E-state index in [9.17, 15) is 0 Å². The van der Waals surface area contributed by atoms with Crippen molar-refractivity contribution < 1.29 is 4.74 Å². The summed E-state index contributed by atoms with van der Waals surface area (Å²) in [6.07, 6.45) is 0. The number of likely N-dealkylation sites (N-methyl/N-ethyl adjacent to an activating group) is 1. The molecule has 0 spiro atoms. The number of piperazine rings is 1. The third-order valence-corrected chi connectivity index (χ3v) is 4.93. The van der Waals surface area contributed by atoms with E-state index in [1.807, 2.05) is 60.7 Å². The molecule has 1 aromatic heterocycles. The summed E-state index contributed by atoms with van der Waals surface area (Å²) in [4.78, 5) is 14.3. The van der Waals surface area contributed by atoms with Gasteiger partial charge in [0.25, 0.3) is 0 Å². The predicted molar refractivity (Wildman–Crippen MR) is 113 cm³/mol. The van der Waals surface area contributed by atoms with E-state index < -0.39 is 0 Å². The van der Waals surface area contributed by atoms with Crippen LogP contribution in [0.15, 0.2) is 60.7 Å². The summed E-state index contributed by atoms with van der Waals surface area (Å²) in [5, 5.41) is 3.41. The van der Waals surface area contributed by atoms with Crippen LogP contribution in [0.2, 0.25) is 0 Å². The minimum atomic E-state index is 0.730. The van der Waals surface area contributed by atoms with Gasteiger partial charge >= 0.3 is 0 Å². The summed E-state index contributed by atoms with van der Waals surface area (Å²) in [6, 6.07) is 20.0. The molecule has 6 heteroatoms.